The first-order valence-corrected chi connectivity index (χ1v) is 11.6. The van der Waals surface area contributed by atoms with Crippen LogP contribution in [0.25, 0.3) is 0 Å². The van der Waals surface area contributed by atoms with Crippen LogP contribution in [0.4, 0.5) is 11.4 Å². The van der Waals surface area contributed by atoms with Crippen molar-refractivity contribution < 1.29 is 14.4 Å². The predicted octanol–water partition coefficient (Wildman–Crippen LogP) is 4.21. The molecule has 0 aromatic heterocycles. The van der Waals surface area contributed by atoms with Crippen molar-refractivity contribution >= 4 is 40.9 Å². The van der Waals surface area contributed by atoms with E-state index in [2.05, 4.69) is 10.6 Å². The summed E-state index contributed by atoms with van der Waals surface area (Å²) in [4.78, 5) is 39.9. The normalized spacial score (nSPS) is 13.8. The lowest BCUT2D eigenvalue weighted by molar-refractivity contribution is -0.125. The van der Waals surface area contributed by atoms with Crippen LogP contribution >= 0.6 is 11.8 Å². The van der Waals surface area contributed by atoms with Crippen LogP contribution in [-0.4, -0.2) is 30.0 Å². The molecular weight excluding hydrogens is 410 g/mol. The summed E-state index contributed by atoms with van der Waals surface area (Å²) in [6, 6.07) is 15.3. The number of anilines is 2. The molecule has 1 atom stereocenters. The zero-order valence-corrected chi connectivity index (χ0v) is 18.8. The monoisotopic (exact) mass is 439 g/mol. The Bertz CT molecular complexity index is 947. The maximum atomic E-state index is 12.7. The Morgan fingerprint density at radius 2 is 1.90 bits per heavy atom. The molecular formula is C24H29N3O3S. The Hall–Kier alpha value is -2.80. The van der Waals surface area contributed by atoms with E-state index in [0.717, 1.165) is 28.3 Å². The van der Waals surface area contributed by atoms with E-state index in [1.54, 1.807) is 16.7 Å². The average Bonchev–Trinajstić information content (AvgIpc) is 2.80. The summed E-state index contributed by atoms with van der Waals surface area (Å²) >= 11 is 1.75. The van der Waals surface area contributed by atoms with E-state index in [0.29, 0.717) is 18.8 Å². The van der Waals surface area contributed by atoms with Crippen molar-refractivity contribution in [1.29, 1.82) is 0 Å². The summed E-state index contributed by atoms with van der Waals surface area (Å²) in [5.41, 5.74) is 2.54. The number of carbonyl (C=O) groups is 3. The minimum atomic E-state index is -0.165. The van der Waals surface area contributed by atoms with Crippen LogP contribution in [-0.2, 0) is 20.9 Å². The molecule has 0 bridgehead atoms. The molecule has 7 heteroatoms. The lowest BCUT2D eigenvalue weighted by atomic mass is 10.1. The number of hydrogen-bond acceptors (Lipinski definition) is 4. The molecule has 3 rings (SSSR count). The molecule has 0 spiro atoms. The van der Waals surface area contributed by atoms with Crippen molar-refractivity contribution in [3.05, 3.63) is 54.1 Å². The number of para-hydroxylation sites is 1. The Kier molecular flexibility index (Phi) is 8.12. The van der Waals surface area contributed by atoms with E-state index in [9.17, 15) is 14.4 Å². The van der Waals surface area contributed by atoms with Crippen LogP contribution < -0.4 is 15.5 Å². The topological polar surface area (TPSA) is 78.5 Å². The van der Waals surface area contributed by atoms with Crippen molar-refractivity contribution in [3.8, 4) is 0 Å². The summed E-state index contributed by atoms with van der Waals surface area (Å²) in [6.07, 6.45) is 1.10. The van der Waals surface area contributed by atoms with Crippen molar-refractivity contribution in [1.82, 2.24) is 5.32 Å². The fraction of sp³-hybridized carbons (Fsp3) is 0.375. The molecule has 2 aromatic rings. The van der Waals surface area contributed by atoms with Gasteiger partial charge in [0.2, 0.25) is 17.7 Å². The third-order valence-corrected chi connectivity index (χ3v) is 6.38. The highest BCUT2D eigenvalue weighted by atomic mass is 32.2. The number of nitrogens with one attached hydrogen (secondary N) is 2. The van der Waals surface area contributed by atoms with Gasteiger partial charge in [0.15, 0.2) is 0 Å². The molecule has 0 fully saturated rings. The van der Waals surface area contributed by atoms with Crippen molar-refractivity contribution in [2.24, 2.45) is 5.92 Å². The number of rotatable bonds is 8. The first-order chi connectivity index (χ1) is 15.0. The molecule has 6 nitrogen and oxygen atoms in total. The minimum Gasteiger partial charge on any atom is -0.352 e. The number of hydrogen-bond donors (Lipinski definition) is 2. The van der Waals surface area contributed by atoms with E-state index in [1.807, 2.05) is 62.4 Å². The molecule has 3 amide bonds. The van der Waals surface area contributed by atoms with Crippen LogP contribution in [0.15, 0.2) is 53.4 Å². The maximum Gasteiger partial charge on any atom is 0.227 e. The van der Waals surface area contributed by atoms with E-state index in [-0.39, 0.29) is 36.5 Å². The first-order valence-electron chi connectivity index (χ1n) is 10.7. The van der Waals surface area contributed by atoms with Crippen molar-refractivity contribution in [2.75, 3.05) is 22.5 Å². The highest BCUT2D eigenvalue weighted by Gasteiger charge is 2.22. The lowest BCUT2D eigenvalue weighted by Gasteiger charge is -2.29. The lowest BCUT2D eigenvalue weighted by Crippen LogP contribution is -2.36. The molecule has 2 aromatic carbocycles. The van der Waals surface area contributed by atoms with Crippen LogP contribution in [0, 0.1) is 5.92 Å². The Balaban J connectivity index is 1.47. The van der Waals surface area contributed by atoms with Crippen LogP contribution in [0.2, 0.25) is 0 Å². The maximum absolute atomic E-state index is 12.7. The molecule has 1 heterocycles. The molecule has 164 valence electrons. The molecule has 2 N–H and O–H groups in total. The summed E-state index contributed by atoms with van der Waals surface area (Å²) < 4.78 is 0. The van der Waals surface area contributed by atoms with Crippen LogP contribution in [0.5, 0.6) is 0 Å². The molecule has 0 aliphatic carbocycles. The summed E-state index contributed by atoms with van der Waals surface area (Å²) in [7, 11) is 0. The largest absolute Gasteiger partial charge is 0.352 e. The van der Waals surface area contributed by atoms with Gasteiger partial charge in [-0.2, -0.15) is 0 Å². The molecule has 0 saturated heterocycles. The summed E-state index contributed by atoms with van der Waals surface area (Å²) in [6.45, 7) is 4.88. The zero-order valence-electron chi connectivity index (χ0n) is 18.0. The van der Waals surface area contributed by atoms with Gasteiger partial charge in [-0.25, -0.2) is 0 Å². The number of benzene rings is 2. The van der Waals surface area contributed by atoms with Gasteiger partial charge in [-0.3, -0.25) is 14.4 Å². The Labute approximate surface area is 187 Å². The second kappa shape index (κ2) is 11.0. The summed E-state index contributed by atoms with van der Waals surface area (Å²) in [5, 5.41) is 5.77. The standard InChI is InChI=1S/C24H29N3O3S/c1-3-17(2)24(30)26-19-8-6-7-18(15-19)16-25-22(28)11-12-23(29)27-13-14-31-21-10-5-4-9-20(21)27/h4-10,15,17H,3,11-14,16H2,1-2H3,(H,25,28)(H,26,30). The summed E-state index contributed by atoms with van der Waals surface area (Å²) in [5.74, 6) is 0.602. The fourth-order valence-corrected chi connectivity index (χ4v) is 4.28. The van der Waals surface area contributed by atoms with Gasteiger partial charge in [-0.05, 0) is 36.2 Å². The third kappa shape index (κ3) is 6.34. The van der Waals surface area contributed by atoms with Gasteiger partial charge in [0, 0.05) is 48.2 Å². The van der Waals surface area contributed by atoms with E-state index >= 15 is 0 Å². The van der Waals surface area contributed by atoms with E-state index in [4.69, 9.17) is 0 Å². The van der Waals surface area contributed by atoms with Crippen molar-refractivity contribution in [3.63, 3.8) is 0 Å². The Morgan fingerprint density at radius 1 is 1.10 bits per heavy atom. The number of fused-ring (bicyclic) bond motifs is 1. The fourth-order valence-electron chi connectivity index (χ4n) is 3.28. The number of amides is 3. The minimum absolute atomic E-state index is 0.0140. The van der Waals surface area contributed by atoms with Crippen LogP contribution in [0.1, 0.15) is 38.7 Å². The predicted molar refractivity (Wildman–Crippen MR) is 125 cm³/mol. The van der Waals surface area contributed by atoms with Gasteiger partial charge >= 0.3 is 0 Å². The molecule has 31 heavy (non-hydrogen) atoms. The van der Waals surface area contributed by atoms with Gasteiger partial charge in [-0.15, -0.1) is 11.8 Å². The smallest absolute Gasteiger partial charge is 0.227 e. The molecule has 1 aliphatic rings. The zero-order chi connectivity index (χ0) is 22.2. The number of carbonyl (C=O) groups excluding carboxylic acids is 3. The third-order valence-electron chi connectivity index (χ3n) is 5.34. The highest BCUT2D eigenvalue weighted by molar-refractivity contribution is 7.99. The molecule has 0 radical (unpaired) electrons. The van der Waals surface area contributed by atoms with Crippen LogP contribution in [0.3, 0.4) is 0 Å². The van der Waals surface area contributed by atoms with Gasteiger partial charge in [-0.1, -0.05) is 38.1 Å². The Morgan fingerprint density at radius 3 is 2.71 bits per heavy atom. The second-order valence-electron chi connectivity index (χ2n) is 7.64. The van der Waals surface area contributed by atoms with Gasteiger partial charge < -0.3 is 15.5 Å². The SMILES string of the molecule is CCC(C)C(=O)Nc1cccc(CNC(=O)CCC(=O)N2CCSc3ccccc32)c1. The van der Waals surface area contributed by atoms with Gasteiger partial charge in [0.25, 0.3) is 0 Å². The van der Waals surface area contributed by atoms with Crippen molar-refractivity contribution in [2.45, 2.75) is 44.6 Å². The molecule has 0 saturated carbocycles. The number of nitrogens with zero attached hydrogens (tertiary/aromatic N) is 1. The van der Waals surface area contributed by atoms with Gasteiger partial charge in [0.1, 0.15) is 0 Å². The van der Waals surface area contributed by atoms with E-state index in [1.165, 1.54) is 0 Å². The average molecular weight is 440 g/mol. The number of thioether (sulfide) groups is 1. The second-order valence-corrected chi connectivity index (χ2v) is 8.77. The molecule has 1 unspecified atom stereocenters. The van der Waals surface area contributed by atoms with Gasteiger partial charge in [0.05, 0.1) is 5.69 Å². The quantitative estimate of drug-likeness (QED) is 0.646. The van der Waals surface area contributed by atoms with E-state index < -0.39 is 0 Å². The highest BCUT2D eigenvalue weighted by Crippen LogP contribution is 2.34. The molecule has 1 aliphatic heterocycles. The first kappa shape index (κ1) is 22.9.